The number of hydrogen-bond acceptors (Lipinski definition) is 4. The van der Waals surface area contributed by atoms with Gasteiger partial charge in [-0.1, -0.05) is 0 Å². The maximum atomic E-state index is 10.8. The van der Waals surface area contributed by atoms with Crippen LogP contribution in [-0.4, -0.2) is 20.2 Å². The molecule has 80 valence electrons. The van der Waals surface area contributed by atoms with Crippen molar-refractivity contribution in [2.75, 3.05) is 20.0 Å². The molecule has 0 heterocycles. The molecule has 0 unspecified atom stereocenters. The van der Waals surface area contributed by atoms with Gasteiger partial charge in [-0.05, 0) is 23.8 Å². The standard InChI is InChI=1S/C11H13NO3/c1-14-9-5-3-8(10(12)7-9)4-6-11(13)15-2/h3-7H,12H2,1-2H3. The van der Waals surface area contributed by atoms with Crippen LogP contribution in [0.5, 0.6) is 5.75 Å². The maximum Gasteiger partial charge on any atom is 0.330 e. The Morgan fingerprint density at radius 2 is 2.13 bits per heavy atom. The Bertz CT molecular complexity index is 385. The number of nitrogen functional groups attached to an aromatic ring is 1. The number of esters is 1. The van der Waals surface area contributed by atoms with Gasteiger partial charge in [0.05, 0.1) is 14.2 Å². The second-order valence-electron chi connectivity index (χ2n) is 2.85. The number of hydrogen-bond donors (Lipinski definition) is 1. The molecule has 0 amide bonds. The van der Waals surface area contributed by atoms with Crippen molar-refractivity contribution in [3.63, 3.8) is 0 Å². The number of anilines is 1. The zero-order chi connectivity index (χ0) is 11.3. The molecular formula is C11H13NO3. The third-order valence-corrected chi connectivity index (χ3v) is 1.89. The van der Waals surface area contributed by atoms with Crippen molar-refractivity contribution in [1.29, 1.82) is 0 Å². The van der Waals surface area contributed by atoms with Gasteiger partial charge in [-0.2, -0.15) is 0 Å². The third kappa shape index (κ3) is 3.02. The summed E-state index contributed by atoms with van der Waals surface area (Å²) in [6.45, 7) is 0. The van der Waals surface area contributed by atoms with Gasteiger partial charge >= 0.3 is 5.97 Å². The van der Waals surface area contributed by atoms with Crippen LogP contribution in [0.2, 0.25) is 0 Å². The van der Waals surface area contributed by atoms with E-state index in [4.69, 9.17) is 10.5 Å². The van der Waals surface area contributed by atoms with E-state index in [1.54, 1.807) is 31.4 Å². The normalized spacial score (nSPS) is 10.3. The van der Waals surface area contributed by atoms with Crippen molar-refractivity contribution in [2.45, 2.75) is 0 Å². The second kappa shape index (κ2) is 5.05. The van der Waals surface area contributed by atoms with Gasteiger partial charge in [0.15, 0.2) is 0 Å². The van der Waals surface area contributed by atoms with Crippen LogP contribution in [0.25, 0.3) is 6.08 Å². The first-order valence-corrected chi connectivity index (χ1v) is 4.37. The molecule has 0 aliphatic heterocycles. The molecule has 1 aromatic rings. The molecule has 0 aliphatic rings. The highest BCUT2D eigenvalue weighted by molar-refractivity contribution is 5.88. The second-order valence-corrected chi connectivity index (χ2v) is 2.85. The minimum absolute atomic E-state index is 0.412. The van der Waals surface area contributed by atoms with E-state index >= 15 is 0 Å². The third-order valence-electron chi connectivity index (χ3n) is 1.89. The van der Waals surface area contributed by atoms with E-state index in [9.17, 15) is 4.79 Å². The first-order valence-electron chi connectivity index (χ1n) is 4.37. The number of ether oxygens (including phenoxy) is 2. The van der Waals surface area contributed by atoms with Gasteiger partial charge in [-0.15, -0.1) is 0 Å². The van der Waals surface area contributed by atoms with Crippen molar-refractivity contribution in [3.05, 3.63) is 29.8 Å². The summed E-state index contributed by atoms with van der Waals surface area (Å²) < 4.78 is 9.47. The van der Waals surface area contributed by atoms with Crippen LogP contribution in [0.15, 0.2) is 24.3 Å². The molecule has 0 fully saturated rings. The molecule has 0 spiro atoms. The van der Waals surface area contributed by atoms with Gasteiger partial charge in [0, 0.05) is 17.8 Å². The van der Waals surface area contributed by atoms with Crippen molar-refractivity contribution in [3.8, 4) is 5.75 Å². The molecular weight excluding hydrogens is 194 g/mol. The Morgan fingerprint density at radius 3 is 2.67 bits per heavy atom. The lowest BCUT2D eigenvalue weighted by Gasteiger charge is -2.03. The molecule has 2 N–H and O–H groups in total. The zero-order valence-electron chi connectivity index (χ0n) is 8.69. The zero-order valence-corrected chi connectivity index (χ0v) is 8.69. The summed E-state index contributed by atoms with van der Waals surface area (Å²) in [6, 6.07) is 5.23. The number of carbonyl (C=O) groups excluding carboxylic acids is 1. The van der Waals surface area contributed by atoms with Crippen LogP contribution in [0.4, 0.5) is 5.69 Å². The lowest BCUT2D eigenvalue weighted by molar-refractivity contribution is -0.134. The van der Waals surface area contributed by atoms with Gasteiger partial charge in [0.2, 0.25) is 0 Å². The Labute approximate surface area is 88.3 Å². The Morgan fingerprint density at radius 1 is 1.40 bits per heavy atom. The smallest absolute Gasteiger partial charge is 0.330 e. The molecule has 0 aromatic heterocycles. The summed E-state index contributed by atoms with van der Waals surface area (Å²) in [6.07, 6.45) is 2.92. The van der Waals surface area contributed by atoms with Crippen molar-refractivity contribution < 1.29 is 14.3 Å². The van der Waals surface area contributed by atoms with Crippen LogP contribution in [0.1, 0.15) is 5.56 Å². The summed E-state index contributed by atoms with van der Waals surface area (Å²) >= 11 is 0. The van der Waals surface area contributed by atoms with E-state index in [2.05, 4.69) is 4.74 Å². The average molecular weight is 207 g/mol. The molecule has 0 saturated carbocycles. The minimum Gasteiger partial charge on any atom is -0.497 e. The number of nitrogens with two attached hydrogens (primary N) is 1. The van der Waals surface area contributed by atoms with Crippen LogP contribution >= 0.6 is 0 Å². The monoisotopic (exact) mass is 207 g/mol. The lowest BCUT2D eigenvalue weighted by Crippen LogP contribution is -1.95. The lowest BCUT2D eigenvalue weighted by atomic mass is 10.1. The number of carbonyl (C=O) groups is 1. The van der Waals surface area contributed by atoms with Crippen LogP contribution in [0, 0.1) is 0 Å². The van der Waals surface area contributed by atoms with Gasteiger partial charge in [-0.3, -0.25) is 0 Å². The predicted molar refractivity (Wildman–Crippen MR) is 58.5 cm³/mol. The van der Waals surface area contributed by atoms with E-state index in [0.29, 0.717) is 11.4 Å². The van der Waals surface area contributed by atoms with Gasteiger partial charge in [0.1, 0.15) is 5.75 Å². The number of methoxy groups -OCH3 is 2. The predicted octanol–water partition coefficient (Wildman–Crippen LogP) is 1.46. The minimum atomic E-state index is -0.412. The van der Waals surface area contributed by atoms with Gasteiger partial charge in [-0.25, -0.2) is 4.79 Å². The number of rotatable bonds is 3. The fraction of sp³-hybridized carbons (Fsp3) is 0.182. The Kier molecular flexibility index (Phi) is 3.74. The summed E-state index contributed by atoms with van der Waals surface area (Å²) in [5.74, 6) is 0.271. The van der Waals surface area contributed by atoms with Crippen molar-refractivity contribution >= 4 is 17.7 Å². The highest BCUT2D eigenvalue weighted by atomic mass is 16.5. The van der Waals surface area contributed by atoms with E-state index < -0.39 is 5.97 Å². The van der Waals surface area contributed by atoms with Gasteiger partial charge in [0.25, 0.3) is 0 Å². The fourth-order valence-electron chi connectivity index (χ4n) is 1.06. The highest BCUT2D eigenvalue weighted by Crippen LogP contribution is 2.20. The fourth-order valence-corrected chi connectivity index (χ4v) is 1.06. The first kappa shape index (κ1) is 11.1. The van der Waals surface area contributed by atoms with Crippen molar-refractivity contribution in [2.24, 2.45) is 0 Å². The van der Waals surface area contributed by atoms with Gasteiger partial charge < -0.3 is 15.2 Å². The molecule has 0 aliphatic carbocycles. The summed E-state index contributed by atoms with van der Waals surface area (Å²) in [4.78, 5) is 10.8. The molecule has 0 saturated heterocycles. The quantitative estimate of drug-likeness (QED) is 0.463. The largest absolute Gasteiger partial charge is 0.497 e. The Hall–Kier alpha value is -1.97. The van der Waals surface area contributed by atoms with E-state index in [-0.39, 0.29) is 0 Å². The molecule has 0 radical (unpaired) electrons. The van der Waals surface area contributed by atoms with E-state index in [1.165, 1.54) is 13.2 Å². The van der Waals surface area contributed by atoms with Crippen LogP contribution in [0.3, 0.4) is 0 Å². The van der Waals surface area contributed by atoms with E-state index in [0.717, 1.165) is 5.56 Å². The molecule has 4 heteroatoms. The first-order chi connectivity index (χ1) is 7.17. The average Bonchev–Trinajstić information content (AvgIpc) is 2.26. The van der Waals surface area contributed by atoms with Crippen LogP contribution < -0.4 is 10.5 Å². The van der Waals surface area contributed by atoms with Crippen molar-refractivity contribution in [1.82, 2.24) is 0 Å². The summed E-state index contributed by atoms with van der Waals surface area (Å²) in [5, 5.41) is 0. The molecule has 0 bridgehead atoms. The molecule has 0 atom stereocenters. The SMILES string of the molecule is COC(=O)C=Cc1ccc(OC)cc1N. The molecule has 4 nitrogen and oxygen atoms in total. The maximum absolute atomic E-state index is 10.8. The Balaban J connectivity index is 2.87. The van der Waals surface area contributed by atoms with Crippen LogP contribution in [-0.2, 0) is 9.53 Å². The summed E-state index contributed by atoms with van der Waals surface area (Å²) in [5.41, 5.74) is 7.04. The number of benzene rings is 1. The molecule has 15 heavy (non-hydrogen) atoms. The topological polar surface area (TPSA) is 61.5 Å². The molecule has 1 rings (SSSR count). The highest BCUT2D eigenvalue weighted by Gasteiger charge is 1.98. The molecule has 1 aromatic carbocycles. The summed E-state index contributed by atoms with van der Waals surface area (Å²) in [7, 11) is 2.89. The van der Waals surface area contributed by atoms with E-state index in [1.807, 2.05) is 0 Å².